The van der Waals surface area contributed by atoms with E-state index in [0.29, 0.717) is 5.65 Å². The number of allylic oxidation sites excluding steroid dienone is 1. The minimum absolute atomic E-state index is 0.0611. The number of rotatable bonds is 3. The number of aromatic amines is 1. The SMILES string of the molecule is Cn1nnc2c1C=C(c1c[nH]c3nc(NCC(F)(F)F)ncc13)CC2. The second-order valence-electron chi connectivity index (χ2n) is 5.84. The van der Waals surface area contributed by atoms with Crippen molar-refractivity contribution in [2.24, 2.45) is 7.05 Å². The Kier molecular flexibility index (Phi) is 3.48. The molecule has 1 aliphatic carbocycles. The Morgan fingerprint density at radius 2 is 2.16 bits per heavy atom. The van der Waals surface area contributed by atoms with Gasteiger partial charge in [-0.05, 0) is 24.5 Å². The number of aryl methyl sites for hydroxylation is 2. The van der Waals surface area contributed by atoms with Gasteiger partial charge in [0, 0.05) is 30.4 Å². The zero-order chi connectivity index (χ0) is 17.6. The second kappa shape index (κ2) is 5.57. The lowest BCUT2D eigenvalue weighted by Gasteiger charge is -2.12. The van der Waals surface area contributed by atoms with Crippen LogP contribution >= 0.6 is 0 Å². The van der Waals surface area contributed by atoms with Crippen LogP contribution in [0.5, 0.6) is 0 Å². The van der Waals surface area contributed by atoms with Crippen LogP contribution in [0.4, 0.5) is 19.1 Å². The fourth-order valence-electron chi connectivity index (χ4n) is 2.90. The van der Waals surface area contributed by atoms with Crippen LogP contribution in [0.3, 0.4) is 0 Å². The Labute approximate surface area is 140 Å². The van der Waals surface area contributed by atoms with Gasteiger partial charge in [0.05, 0.1) is 11.4 Å². The lowest BCUT2D eigenvalue weighted by atomic mass is 9.94. The van der Waals surface area contributed by atoms with Crippen molar-refractivity contribution >= 4 is 28.6 Å². The third-order valence-electron chi connectivity index (χ3n) is 4.11. The number of H-pyrrole nitrogens is 1. The Balaban J connectivity index is 1.66. The van der Waals surface area contributed by atoms with E-state index >= 15 is 0 Å². The molecular weight excluding hydrogens is 335 g/mol. The number of nitrogens with one attached hydrogen (secondary N) is 2. The summed E-state index contributed by atoms with van der Waals surface area (Å²) in [6.45, 7) is -1.17. The number of hydrogen-bond donors (Lipinski definition) is 2. The van der Waals surface area contributed by atoms with Crippen molar-refractivity contribution in [3.8, 4) is 0 Å². The number of nitrogens with zero attached hydrogens (tertiary/aromatic N) is 5. The molecule has 130 valence electrons. The van der Waals surface area contributed by atoms with Gasteiger partial charge in [-0.25, -0.2) is 9.67 Å². The van der Waals surface area contributed by atoms with Crippen LogP contribution in [0.1, 0.15) is 23.4 Å². The minimum Gasteiger partial charge on any atom is -0.345 e. The maximum Gasteiger partial charge on any atom is 0.405 e. The fraction of sp³-hybridized carbons (Fsp3) is 0.333. The summed E-state index contributed by atoms with van der Waals surface area (Å²) >= 11 is 0. The molecule has 7 nitrogen and oxygen atoms in total. The van der Waals surface area contributed by atoms with Gasteiger partial charge in [0.25, 0.3) is 0 Å². The molecule has 0 saturated carbocycles. The molecular formula is C15H14F3N7. The average molecular weight is 349 g/mol. The molecule has 4 rings (SSSR count). The van der Waals surface area contributed by atoms with Crippen LogP contribution in [0.2, 0.25) is 0 Å². The number of fused-ring (bicyclic) bond motifs is 2. The van der Waals surface area contributed by atoms with Crippen molar-refractivity contribution in [3.63, 3.8) is 0 Å². The van der Waals surface area contributed by atoms with Gasteiger partial charge in [-0.15, -0.1) is 5.10 Å². The van der Waals surface area contributed by atoms with E-state index in [4.69, 9.17) is 0 Å². The van der Waals surface area contributed by atoms with Crippen molar-refractivity contribution in [2.45, 2.75) is 19.0 Å². The first-order valence-corrected chi connectivity index (χ1v) is 7.65. The van der Waals surface area contributed by atoms with Crippen molar-refractivity contribution in [3.05, 3.63) is 29.3 Å². The van der Waals surface area contributed by atoms with Gasteiger partial charge in [0.2, 0.25) is 5.95 Å². The summed E-state index contributed by atoms with van der Waals surface area (Å²) in [5.41, 5.74) is 4.43. The summed E-state index contributed by atoms with van der Waals surface area (Å²) in [5, 5.41) is 11.1. The summed E-state index contributed by atoms with van der Waals surface area (Å²) in [7, 11) is 1.84. The van der Waals surface area contributed by atoms with Crippen LogP contribution in [0.25, 0.3) is 22.7 Å². The number of anilines is 1. The van der Waals surface area contributed by atoms with E-state index in [1.54, 1.807) is 10.9 Å². The smallest absolute Gasteiger partial charge is 0.345 e. The van der Waals surface area contributed by atoms with Crippen LogP contribution in [-0.2, 0) is 13.5 Å². The highest BCUT2D eigenvalue weighted by atomic mass is 19.4. The topological polar surface area (TPSA) is 84.3 Å². The lowest BCUT2D eigenvalue weighted by molar-refractivity contribution is -0.115. The molecule has 0 aliphatic heterocycles. The van der Waals surface area contributed by atoms with Crippen LogP contribution in [-0.4, -0.2) is 42.7 Å². The van der Waals surface area contributed by atoms with E-state index in [-0.39, 0.29) is 5.95 Å². The van der Waals surface area contributed by atoms with Gasteiger partial charge < -0.3 is 10.3 Å². The Bertz CT molecular complexity index is 967. The molecule has 3 heterocycles. The van der Waals surface area contributed by atoms with Crippen LogP contribution in [0, 0.1) is 0 Å². The Morgan fingerprint density at radius 3 is 2.96 bits per heavy atom. The highest BCUT2D eigenvalue weighted by Gasteiger charge is 2.27. The fourth-order valence-corrected chi connectivity index (χ4v) is 2.90. The van der Waals surface area contributed by atoms with E-state index in [0.717, 1.165) is 40.8 Å². The van der Waals surface area contributed by atoms with E-state index in [2.05, 4.69) is 30.6 Å². The number of halogens is 3. The Hall–Kier alpha value is -2.91. The van der Waals surface area contributed by atoms with E-state index in [1.807, 2.05) is 13.1 Å². The van der Waals surface area contributed by atoms with Gasteiger partial charge in [0.15, 0.2) is 0 Å². The highest BCUT2D eigenvalue weighted by molar-refractivity contribution is 5.96. The summed E-state index contributed by atoms with van der Waals surface area (Å²) in [6.07, 6.45) is 2.62. The second-order valence-corrected chi connectivity index (χ2v) is 5.84. The summed E-state index contributed by atoms with van der Waals surface area (Å²) in [4.78, 5) is 11.1. The van der Waals surface area contributed by atoms with Crippen molar-refractivity contribution in [2.75, 3.05) is 11.9 Å². The summed E-state index contributed by atoms with van der Waals surface area (Å²) in [6, 6.07) is 0. The zero-order valence-electron chi connectivity index (χ0n) is 13.2. The monoisotopic (exact) mass is 349 g/mol. The molecule has 0 unspecified atom stereocenters. The van der Waals surface area contributed by atoms with Gasteiger partial charge in [-0.2, -0.15) is 18.2 Å². The molecule has 0 bridgehead atoms. The van der Waals surface area contributed by atoms with Crippen LogP contribution < -0.4 is 5.32 Å². The summed E-state index contributed by atoms with van der Waals surface area (Å²) in [5.74, 6) is -0.0611. The maximum atomic E-state index is 12.3. The molecule has 0 fully saturated rings. The third-order valence-corrected chi connectivity index (χ3v) is 4.11. The molecule has 2 N–H and O–H groups in total. The maximum absolute atomic E-state index is 12.3. The quantitative estimate of drug-likeness (QED) is 0.759. The predicted molar refractivity (Wildman–Crippen MR) is 85.6 cm³/mol. The first-order valence-electron chi connectivity index (χ1n) is 7.65. The molecule has 10 heteroatoms. The summed E-state index contributed by atoms with van der Waals surface area (Å²) < 4.78 is 38.6. The molecule has 0 aromatic carbocycles. The number of hydrogen-bond acceptors (Lipinski definition) is 5. The third kappa shape index (κ3) is 2.94. The van der Waals surface area contributed by atoms with Gasteiger partial charge in [-0.1, -0.05) is 5.21 Å². The minimum atomic E-state index is -4.32. The first kappa shape index (κ1) is 15.6. The average Bonchev–Trinajstić information content (AvgIpc) is 3.15. The van der Waals surface area contributed by atoms with Crippen molar-refractivity contribution in [1.82, 2.24) is 29.9 Å². The molecule has 1 aliphatic rings. The standard InChI is InChI=1S/C15H14F3N7/c1-25-12-4-8(2-3-11(12)23-24-25)9-5-19-13-10(9)6-20-14(22-13)21-7-15(16,17)18/h4-6H,2-3,7H2,1H3,(H2,19,20,21,22). The molecule has 3 aromatic heterocycles. The van der Waals surface area contributed by atoms with Gasteiger partial charge in [0.1, 0.15) is 12.2 Å². The molecule has 0 amide bonds. The van der Waals surface area contributed by atoms with Gasteiger partial charge >= 0.3 is 6.18 Å². The first-order chi connectivity index (χ1) is 11.9. The zero-order valence-corrected chi connectivity index (χ0v) is 13.2. The molecule has 0 saturated heterocycles. The number of aromatic nitrogens is 6. The van der Waals surface area contributed by atoms with Crippen molar-refractivity contribution < 1.29 is 13.2 Å². The highest BCUT2D eigenvalue weighted by Crippen LogP contribution is 2.32. The van der Waals surface area contributed by atoms with Gasteiger partial charge in [-0.3, -0.25) is 0 Å². The van der Waals surface area contributed by atoms with E-state index in [1.165, 1.54) is 6.20 Å². The van der Waals surface area contributed by atoms with E-state index in [9.17, 15) is 13.2 Å². The molecule has 0 radical (unpaired) electrons. The Morgan fingerprint density at radius 1 is 1.32 bits per heavy atom. The van der Waals surface area contributed by atoms with Crippen molar-refractivity contribution in [1.29, 1.82) is 0 Å². The largest absolute Gasteiger partial charge is 0.405 e. The van der Waals surface area contributed by atoms with Crippen LogP contribution in [0.15, 0.2) is 12.4 Å². The lowest BCUT2D eigenvalue weighted by Crippen LogP contribution is -2.22. The molecule has 0 spiro atoms. The normalized spacial score (nSPS) is 14.5. The molecule has 25 heavy (non-hydrogen) atoms. The van der Waals surface area contributed by atoms with E-state index < -0.39 is 12.7 Å². The predicted octanol–water partition coefficient (Wildman–Crippen LogP) is 2.55. The molecule has 0 atom stereocenters. The molecule has 3 aromatic rings. The number of alkyl halides is 3.